The van der Waals surface area contributed by atoms with Gasteiger partial charge in [0.05, 0.1) is 19.7 Å². The van der Waals surface area contributed by atoms with E-state index in [1.807, 2.05) is 13.8 Å². The topological polar surface area (TPSA) is 148 Å². The predicted octanol–water partition coefficient (Wildman–Crippen LogP) is 2.52. The van der Waals surface area contributed by atoms with Gasteiger partial charge in [-0.05, 0) is 49.4 Å². The molecule has 1 aliphatic rings. The number of nitrogens with zero attached hydrogens (tertiary/aromatic N) is 2. The number of nitrogens with one attached hydrogen (secondary N) is 2. The highest BCUT2D eigenvalue weighted by Crippen LogP contribution is 2.28. The Bertz CT molecular complexity index is 1450. The van der Waals surface area contributed by atoms with Crippen LogP contribution in [0.1, 0.15) is 43.7 Å². The maximum atomic E-state index is 13.3. The van der Waals surface area contributed by atoms with Gasteiger partial charge in [-0.2, -0.15) is 4.31 Å². The molecular formula is C27H32N4O7S. The van der Waals surface area contributed by atoms with E-state index in [-0.39, 0.29) is 36.2 Å². The predicted molar refractivity (Wildman–Crippen MR) is 143 cm³/mol. The van der Waals surface area contributed by atoms with Crippen molar-refractivity contribution in [2.75, 3.05) is 20.2 Å². The van der Waals surface area contributed by atoms with E-state index in [0.717, 1.165) is 4.31 Å². The van der Waals surface area contributed by atoms with E-state index < -0.39 is 39.7 Å². The molecule has 1 saturated heterocycles. The first-order valence-corrected chi connectivity index (χ1v) is 14.2. The van der Waals surface area contributed by atoms with Gasteiger partial charge < -0.3 is 19.8 Å². The number of hydrogen-bond donors (Lipinski definition) is 2. The molecule has 1 aliphatic heterocycles. The monoisotopic (exact) mass is 556 g/mol. The summed E-state index contributed by atoms with van der Waals surface area (Å²) < 4.78 is 38.0. The Morgan fingerprint density at radius 1 is 1.21 bits per heavy atom. The second-order valence-electron chi connectivity index (χ2n) is 9.82. The van der Waals surface area contributed by atoms with Gasteiger partial charge in [0.2, 0.25) is 5.91 Å². The number of carbonyl (C=O) groups excluding carboxylic acids is 3. The van der Waals surface area contributed by atoms with Crippen molar-refractivity contribution in [1.29, 1.82) is 0 Å². The lowest BCUT2D eigenvalue weighted by Gasteiger charge is -2.23. The van der Waals surface area contributed by atoms with E-state index in [1.54, 1.807) is 36.4 Å². The number of aromatic nitrogens is 1. The van der Waals surface area contributed by atoms with Crippen LogP contribution in [-0.2, 0) is 19.6 Å². The van der Waals surface area contributed by atoms with Crippen LogP contribution in [-0.4, -0.2) is 67.6 Å². The average molecular weight is 557 g/mol. The number of furan rings is 1. The molecule has 4 rings (SSSR count). The molecule has 0 saturated carbocycles. The van der Waals surface area contributed by atoms with Gasteiger partial charge in [-0.15, -0.1) is 0 Å². The van der Waals surface area contributed by atoms with Crippen molar-refractivity contribution >= 4 is 38.6 Å². The largest absolute Gasteiger partial charge is 0.493 e. The number of ether oxygens (including phenoxy) is 1. The molecule has 3 aromatic rings. The first-order valence-electron chi connectivity index (χ1n) is 12.7. The van der Waals surface area contributed by atoms with E-state index in [1.165, 1.54) is 19.4 Å². The van der Waals surface area contributed by atoms with Crippen LogP contribution in [0, 0.1) is 5.92 Å². The molecule has 208 valence electrons. The number of pyridine rings is 1. The number of para-hydroxylation sites is 1. The Balaban J connectivity index is 1.45. The summed E-state index contributed by atoms with van der Waals surface area (Å²) in [6, 6.07) is 9.58. The summed E-state index contributed by atoms with van der Waals surface area (Å²) in [6.45, 7) is 3.57. The van der Waals surface area contributed by atoms with Crippen molar-refractivity contribution in [3.63, 3.8) is 0 Å². The molecule has 2 aromatic heterocycles. The molecule has 0 radical (unpaired) electrons. The van der Waals surface area contributed by atoms with Crippen molar-refractivity contribution in [3.05, 3.63) is 54.4 Å². The van der Waals surface area contributed by atoms with Crippen molar-refractivity contribution in [2.45, 2.75) is 50.2 Å². The highest BCUT2D eigenvalue weighted by molar-refractivity contribution is 7.89. The molecule has 11 nitrogen and oxygen atoms in total. The number of rotatable bonds is 9. The number of hydrogen-bond acceptors (Lipinski definition) is 8. The van der Waals surface area contributed by atoms with Crippen molar-refractivity contribution in [3.8, 4) is 5.75 Å². The number of Topliss-reactive ketones (excluding diaryl/α,β-unsaturated/α-hetero) is 1. The lowest BCUT2D eigenvalue weighted by atomic mass is 10.0. The van der Waals surface area contributed by atoms with E-state index in [0.29, 0.717) is 29.6 Å². The Morgan fingerprint density at radius 3 is 2.69 bits per heavy atom. The summed E-state index contributed by atoms with van der Waals surface area (Å²) >= 11 is 0. The summed E-state index contributed by atoms with van der Waals surface area (Å²) in [5, 5.41) is 6.01. The van der Waals surface area contributed by atoms with Gasteiger partial charge in [0.15, 0.2) is 27.9 Å². The van der Waals surface area contributed by atoms with Gasteiger partial charge in [0.1, 0.15) is 6.04 Å². The quantitative estimate of drug-likeness (QED) is 0.409. The minimum absolute atomic E-state index is 0.0250. The van der Waals surface area contributed by atoms with Crippen molar-refractivity contribution in [1.82, 2.24) is 19.9 Å². The Labute approximate surface area is 227 Å². The van der Waals surface area contributed by atoms with Crippen molar-refractivity contribution in [2.24, 2.45) is 5.92 Å². The molecule has 1 fully saturated rings. The maximum Gasteiger partial charge on any atom is 0.287 e. The molecule has 1 aromatic carbocycles. The summed E-state index contributed by atoms with van der Waals surface area (Å²) in [5.41, 5.74) is 0.421. The number of amides is 2. The Hall–Kier alpha value is -3.77. The number of methoxy groups -OCH3 is 1. The zero-order valence-electron chi connectivity index (χ0n) is 22.0. The molecule has 12 heteroatoms. The number of carbonyl (C=O) groups is 3. The van der Waals surface area contributed by atoms with Gasteiger partial charge >= 0.3 is 0 Å². The number of sulfonamides is 1. The van der Waals surface area contributed by atoms with Crippen LogP contribution in [0.3, 0.4) is 0 Å². The first kappa shape index (κ1) is 28.2. The maximum absolute atomic E-state index is 13.3. The van der Waals surface area contributed by atoms with Crippen LogP contribution in [0.15, 0.2) is 58.1 Å². The van der Waals surface area contributed by atoms with E-state index >= 15 is 0 Å². The minimum atomic E-state index is -3.95. The molecule has 3 heterocycles. The molecule has 2 atom stereocenters. The molecular weight excluding hydrogens is 524 g/mol. The zero-order valence-corrected chi connectivity index (χ0v) is 22.9. The molecule has 1 unspecified atom stereocenters. The number of ketones is 1. The van der Waals surface area contributed by atoms with Gasteiger partial charge in [-0.1, -0.05) is 32.0 Å². The molecule has 2 amide bonds. The SMILES string of the molecule is COc1cccc2cc(C(=O)NC(CC(C)C)C(=O)N[C@H]3CCCN(S(=O)(=O)c4ccccn4)CC3=O)oc12. The van der Waals surface area contributed by atoms with Crippen LogP contribution >= 0.6 is 0 Å². The fourth-order valence-corrected chi connectivity index (χ4v) is 5.87. The molecule has 2 N–H and O–H groups in total. The third kappa shape index (κ3) is 6.45. The molecule has 0 aliphatic carbocycles. The van der Waals surface area contributed by atoms with Gasteiger partial charge in [0, 0.05) is 18.1 Å². The highest BCUT2D eigenvalue weighted by atomic mass is 32.2. The lowest BCUT2D eigenvalue weighted by molar-refractivity contribution is -0.129. The summed E-state index contributed by atoms with van der Waals surface area (Å²) in [5.74, 6) is -0.968. The molecule has 39 heavy (non-hydrogen) atoms. The minimum Gasteiger partial charge on any atom is -0.493 e. The Morgan fingerprint density at radius 2 is 2.00 bits per heavy atom. The van der Waals surface area contributed by atoms with Crippen LogP contribution < -0.4 is 15.4 Å². The van der Waals surface area contributed by atoms with E-state index in [2.05, 4.69) is 15.6 Å². The van der Waals surface area contributed by atoms with Crippen LogP contribution in [0.4, 0.5) is 0 Å². The van der Waals surface area contributed by atoms with Crippen molar-refractivity contribution < 1.29 is 32.0 Å². The van der Waals surface area contributed by atoms with Gasteiger partial charge in [-0.3, -0.25) is 14.4 Å². The third-order valence-corrected chi connectivity index (χ3v) is 8.22. The average Bonchev–Trinajstić information content (AvgIpc) is 3.27. The third-order valence-electron chi connectivity index (χ3n) is 6.46. The van der Waals surface area contributed by atoms with Gasteiger partial charge in [0.25, 0.3) is 15.9 Å². The number of fused-ring (bicyclic) bond motifs is 1. The molecule has 0 spiro atoms. The van der Waals surface area contributed by atoms with Crippen LogP contribution in [0.25, 0.3) is 11.0 Å². The second-order valence-corrected chi connectivity index (χ2v) is 11.7. The summed E-state index contributed by atoms with van der Waals surface area (Å²) in [6.07, 6.45) is 2.33. The lowest BCUT2D eigenvalue weighted by Crippen LogP contribution is -2.52. The molecule has 0 bridgehead atoms. The fraction of sp³-hybridized carbons (Fsp3) is 0.407. The van der Waals surface area contributed by atoms with Crippen LogP contribution in [0.2, 0.25) is 0 Å². The van der Waals surface area contributed by atoms with E-state index in [9.17, 15) is 22.8 Å². The fourth-order valence-electron chi connectivity index (χ4n) is 4.50. The smallest absolute Gasteiger partial charge is 0.287 e. The summed E-state index contributed by atoms with van der Waals surface area (Å²) in [4.78, 5) is 43.3. The second kappa shape index (κ2) is 12.0. The zero-order chi connectivity index (χ0) is 28.2. The van der Waals surface area contributed by atoms with Gasteiger partial charge in [-0.25, -0.2) is 13.4 Å². The number of benzene rings is 1. The van der Waals surface area contributed by atoms with Crippen LogP contribution in [0.5, 0.6) is 5.75 Å². The van der Waals surface area contributed by atoms with E-state index in [4.69, 9.17) is 9.15 Å². The Kier molecular flexibility index (Phi) is 8.66. The summed E-state index contributed by atoms with van der Waals surface area (Å²) in [7, 11) is -2.45. The standard InChI is InChI=1S/C27H32N4O7S/c1-17(2)14-20(30-27(34)23-15-18-8-6-10-22(37-3)25(18)38-23)26(33)29-19-9-7-13-31(16-21(19)32)39(35,36)24-11-4-5-12-28-24/h4-6,8,10-12,15,17,19-20H,7,9,13-14,16H2,1-3H3,(H,29,33)(H,30,34)/t19-,20?/m0/s1. The first-order chi connectivity index (χ1) is 18.6. The normalized spacial score (nSPS) is 17.5. The highest BCUT2D eigenvalue weighted by Gasteiger charge is 2.35.